The number of carbonyl (C=O) groups is 1. The second-order valence-electron chi connectivity index (χ2n) is 6.79. The van der Waals surface area contributed by atoms with Gasteiger partial charge in [-0.25, -0.2) is 0 Å². The minimum atomic E-state index is -0.389. The predicted octanol–water partition coefficient (Wildman–Crippen LogP) is 3.39. The molecular weight excluding hydrogens is 356 g/mol. The van der Waals surface area contributed by atoms with Gasteiger partial charge in [0.25, 0.3) is 5.91 Å². The maximum atomic E-state index is 12.8. The SMILES string of the molecule is COCCc1noc(C(C)NC(=O)c2ccc3c(c2)c2ccccc2n3C)n1. The van der Waals surface area contributed by atoms with Crippen LogP contribution in [0.4, 0.5) is 0 Å². The Morgan fingerprint density at radius 1 is 1.21 bits per heavy atom. The fourth-order valence-corrected chi connectivity index (χ4v) is 3.39. The summed E-state index contributed by atoms with van der Waals surface area (Å²) in [6, 6.07) is 13.5. The number of carbonyl (C=O) groups excluding carboxylic acids is 1. The van der Waals surface area contributed by atoms with Gasteiger partial charge in [0, 0.05) is 47.9 Å². The summed E-state index contributed by atoms with van der Waals surface area (Å²) in [5.74, 6) is 0.764. The molecule has 0 spiro atoms. The van der Waals surface area contributed by atoms with E-state index in [1.807, 2.05) is 44.3 Å². The lowest BCUT2D eigenvalue weighted by Gasteiger charge is -2.10. The van der Waals surface area contributed by atoms with Crippen molar-refractivity contribution in [2.75, 3.05) is 13.7 Å². The highest BCUT2D eigenvalue weighted by Gasteiger charge is 2.18. The summed E-state index contributed by atoms with van der Waals surface area (Å²) in [5.41, 5.74) is 2.82. The van der Waals surface area contributed by atoms with Gasteiger partial charge in [-0.05, 0) is 31.2 Å². The lowest BCUT2D eigenvalue weighted by atomic mass is 10.1. The normalized spacial score (nSPS) is 12.5. The maximum absolute atomic E-state index is 12.8. The number of methoxy groups -OCH3 is 1. The Hall–Kier alpha value is -3.19. The van der Waals surface area contributed by atoms with Crippen LogP contribution in [0.3, 0.4) is 0 Å². The Kier molecular flexibility index (Phi) is 4.83. The zero-order valence-electron chi connectivity index (χ0n) is 16.1. The summed E-state index contributed by atoms with van der Waals surface area (Å²) >= 11 is 0. The van der Waals surface area contributed by atoms with E-state index in [1.165, 1.54) is 0 Å². The van der Waals surface area contributed by atoms with Crippen molar-refractivity contribution in [3.63, 3.8) is 0 Å². The van der Waals surface area contributed by atoms with Crippen LogP contribution < -0.4 is 5.32 Å². The number of aryl methyl sites for hydroxylation is 1. The molecule has 0 aliphatic carbocycles. The van der Waals surface area contributed by atoms with Crippen LogP contribution >= 0.6 is 0 Å². The van der Waals surface area contributed by atoms with Gasteiger partial charge < -0.3 is 19.1 Å². The van der Waals surface area contributed by atoms with E-state index in [9.17, 15) is 4.79 Å². The fraction of sp³-hybridized carbons (Fsp3) is 0.286. The monoisotopic (exact) mass is 378 g/mol. The molecule has 1 atom stereocenters. The number of nitrogens with zero attached hydrogens (tertiary/aromatic N) is 3. The Labute approximate surface area is 162 Å². The number of nitrogens with one attached hydrogen (secondary N) is 1. The third-order valence-corrected chi connectivity index (χ3v) is 4.91. The Morgan fingerprint density at radius 2 is 2.00 bits per heavy atom. The third kappa shape index (κ3) is 3.25. The molecule has 0 radical (unpaired) electrons. The molecule has 2 aromatic carbocycles. The van der Waals surface area contributed by atoms with Gasteiger partial charge in [-0.2, -0.15) is 4.98 Å². The van der Waals surface area contributed by atoms with Crippen molar-refractivity contribution in [1.82, 2.24) is 20.0 Å². The first-order valence-electron chi connectivity index (χ1n) is 9.18. The van der Waals surface area contributed by atoms with Crippen LogP contribution in [0.1, 0.15) is 35.0 Å². The highest BCUT2D eigenvalue weighted by Crippen LogP contribution is 2.28. The van der Waals surface area contributed by atoms with E-state index in [-0.39, 0.29) is 11.9 Å². The first-order chi connectivity index (χ1) is 13.6. The van der Waals surface area contributed by atoms with Crippen LogP contribution in [0, 0.1) is 0 Å². The minimum absolute atomic E-state index is 0.182. The lowest BCUT2D eigenvalue weighted by molar-refractivity contribution is 0.0932. The third-order valence-electron chi connectivity index (χ3n) is 4.91. The molecule has 0 bridgehead atoms. The van der Waals surface area contributed by atoms with E-state index >= 15 is 0 Å². The average molecular weight is 378 g/mol. The van der Waals surface area contributed by atoms with Gasteiger partial charge in [0.05, 0.1) is 6.61 Å². The van der Waals surface area contributed by atoms with Crippen molar-refractivity contribution in [2.24, 2.45) is 7.05 Å². The van der Waals surface area contributed by atoms with Crippen molar-refractivity contribution >= 4 is 27.7 Å². The Bertz CT molecular complexity index is 1150. The molecule has 4 rings (SSSR count). The largest absolute Gasteiger partial charge is 0.384 e. The molecule has 1 amide bonds. The first-order valence-corrected chi connectivity index (χ1v) is 9.18. The zero-order chi connectivity index (χ0) is 19.7. The van der Waals surface area contributed by atoms with E-state index in [4.69, 9.17) is 9.26 Å². The van der Waals surface area contributed by atoms with Crippen molar-refractivity contribution in [1.29, 1.82) is 0 Å². The fourth-order valence-electron chi connectivity index (χ4n) is 3.39. The standard InChI is InChI=1S/C21H22N4O3/c1-13(21-23-19(24-28-21)10-11-27-3)22-20(26)14-8-9-18-16(12-14)15-6-4-5-7-17(15)25(18)2/h4-9,12-13H,10-11H2,1-3H3,(H,22,26). The van der Waals surface area contributed by atoms with E-state index < -0.39 is 0 Å². The van der Waals surface area contributed by atoms with Crippen molar-refractivity contribution in [2.45, 2.75) is 19.4 Å². The summed E-state index contributed by atoms with van der Waals surface area (Å²) in [6.45, 7) is 2.34. The number of para-hydroxylation sites is 1. The van der Waals surface area contributed by atoms with Crippen LogP contribution in [0.25, 0.3) is 21.8 Å². The van der Waals surface area contributed by atoms with Crippen LogP contribution in [0.15, 0.2) is 47.0 Å². The van der Waals surface area contributed by atoms with E-state index in [2.05, 4.69) is 32.2 Å². The van der Waals surface area contributed by atoms with Gasteiger partial charge in [0.1, 0.15) is 6.04 Å². The number of amides is 1. The summed E-state index contributed by atoms with van der Waals surface area (Å²) in [5, 5.41) is 9.02. The van der Waals surface area contributed by atoms with Crippen molar-refractivity contribution < 1.29 is 14.1 Å². The molecule has 1 unspecified atom stereocenters. The number of aromatic nitrogens is 3. The molecule has 144 valence electrons. The predicted molar refractivity (Wildman–Crippen MR) is 106 cm³/mol. The van der Waals surface area contributed by atoms with Crippen LogP contribution in [0.5, 0.6) is 0 Å². The second-order valence-corrected chi connectivity index (χ2v) is 6.79. The van der Waals surface area contributed by atoms with Crippen LogP contribution in [0.2, 0.25) is 0 Å². The molecule has 0 saturated carbocycles. The number of rotatable bonds is 6. The van der Waals surface area contributed by atoms with E-state index in [0.29, 0.717) is 30.3 Å². The highest BCUT2D eigenvalue weighted by atomic mass is 16.5. The van der Waals surface area contributed by atoms with Gasteiger partial charge in [-0.15, -0.1) is 0 Å². The second kappa shape index (κ2) is 7.44. The Morgan fingerprint density at radius 3 is 2.82 bits per heavy atom. The summed E-state index contributed by atoms with van der Waals surface area (Å²) in [6.07, 6.45) is 0.568. The van der Waals surface area contributed by atoms with Crippen molar-refractivity contribution in [3.8, 4) is 0 Å². The summed E-state index contributed by atoms with van der Waals surface area (Å²) < 4.78 is 12.4. The molecule has 0 fully saturated rings. The molecule has 2 aromatic heterocycles. The van der Waals surface area contributed by atoms with Gasteiger partial charge >= 0.3 is 0 Å². The van der Waals surface area contributed by atoms with E-state index in [1.54, 1.807) is 7.11 Å². The number of benzene rings is 2. The number of fused-ring (bicyclic) bond motifs is 3. The molecule has 1 N–H and O–H groups in total. The van der Waals surface area contributed by atoms with Gasteiger partial charge in [-0.3, -0.25) is 4.79 Å². The molecule has 7 nitrogen and oxygen atoms in total. The van der Waals surface area contributed by atoms with E-state index in [0.717, 1.165) is 21.8 Å². The number of hydrogen-bond acceptors (Lipinski definition) is 5. The average Bonchev–Trinajstić information content (AvgIpc) is 3.30. The highest BCUT2D eigenvalue weighted by molar-refractivity contribution is 6.10. The van der Waals surface area contributed by atoms with Gasteiger partial charge in [0.15, 0.2) is 5.82 Å². The molecule has 4 aromatic rings. The quantitative estimate of drug-likeness (QED) is 0.556. The number of ether oxygens (including phenoxy) is 1. The van der Waals surface area contributed by atoms with Crippen molar-refractivity contribution in [3.05, 3.63) is 59.7 Å². The molecule has 2 heterocycles. The number of hydrogen-bond donors (Lipinski definition) is 1. The van der Waals surface area contributed by atoms with Crippen LogP contribution in [-0.4, -0.2) is 34.3 Å². The molecule has 7 heteroatoms. The van der Waals surface area contributed by atoms with Gasteiger partial charge in [-0.1, -0.05) is 23.4 Å². The lowest BCUT2D eigenvalue weighted by Crippen LogP contribution is -2.26. The summed E-state index contributed by atoms with van der Waals surface area (Å²) in [4.78, 5) is 17.1. The smallest absolute Gasteiger partial charge is 0.251 e. The minimum Gasteiger partial charge on any atom is -0.384 e. The Balaban J connectivity index is 1.57. The zero-order valence-corrected chi connectivity index (χ0v) is 16.1. The molecule has 0 saturated heterocycles. The topological polar surface area (TPSA) is 82.2 Å². The first kappa shape index (κ1) is 18.2. The molecular formula is C21H22N4O3. The van der Waals surface area contributed by atoms with Gasteiger partial charge in [0.2, 0.25) is 5.89 Å². The molecule has 0 aliphatic rings. The molecule has 0 aliphatic heterocycles. The van der Waals surface area contributed by atoms with Crippen LogP contribution in [-0.2, 0) is 18.2 Å². The maximum Gasteiger partial charge on any atom is 0.251 e. The molecule has 28 heavy (non-hydrogen) atoms. The summed E-state index contributed by atoms with van der Waals surface area (Å²) in [7, 11) is 3.65.